The highest BCUT2D eigenvalue weighted by atomic mass is 16.4. The van der Waals surface area contributed by atoms with Crippen molar-refractivity contribution in [2.24, 2.45) is 11.5 Å². The highest BCUT2D eigenvalue weighted by Crippen LogP contribution is 2.19. The topological polar surface area (TPSA) is 267 Å². The van der Waals surface area contributed by atoms with Gasteiger partial charge in [-0.1, -0.05) is 30.3 Å². The fourth-order valence-electron chi connectivity index (χ4n) is 4.31. The van der Waals surface area contributed by atoms with Crippen LogP contribution in [0.1, 0.15) is 24.0 Å². The number of benzene rings is 2. The van der Waals surface area contributed by atoms with Crippen molar-refractivity contribution in [3.63, 3.8) is 0 Å². The van der Waals surface area contributed by atoms with Crippen LogP contribution in [0.15, 0.2) is 54.7 Å². The number of carbonyl (C=O) groups is 6. The minimum Gasteiger partial charge on any atom is -0.508 e. The minimum atomic E-state index is -1.62. The summed E-state index contributed by atoms with van der Waals surface area (Å²) in [5.41, 5.74) is 12.7. The molecule has 1 heterocycles. The molecule has 15 heteroatoms. The Kier molecular flexibility index (Phi) is 10.8. The van der Waals surface area contributed by atoms with Gasteiger partial charge in [0.2, 0.25) is 23.6 Å². The number of aromatic hydroxyl groups is 1. The number of hydrogen-bond acceptors (Lipinski definition) is 8. The number of amides is 4. The van der Waals surface area contributed by atoms with E-state index in [1.54, 1.807) is 30.5 Å². The maximum Gasteiger partial charge on any atom is 0.326 e. The molecule has 4 atom stereocenters. The zero-order chi connectivity index (χ0) is 31.7. The van der Waals surface area contributed by atoms with E-state index in [9.17, 15) is 39.0 Å². The predicted octanol–water partition coefficient (Wildman–Crippen LogP) is -1.12. The number of aromatic amines is 1. The van der Waals surface area contributed by atoms with E-state index in [4.69, 9.17) is 16.6 Å². The first-order valence-corrected chi connectivity index (χ1v) is 13.1. The number of hydrogen-bond donors (Lipinski definition) is 9. The standard InChI is InChI=1S/C28H32N6O9/c29-18(11-24(37)38)25(39)32-21(12-23(30)36)27(41)33-20(10-15-13-31-19-4-2-1-3-17(15)19)26(40)34-22(28(42)43)9-14-5-7-16(35)8-6-14/h1-8,13,18,20-22,31,35H,9-12,29H2,(H2,30,36)(H,32,39)(H,33,41)(H,34,40)(H,37,38)(H,42,43). The van der Waals surface area contributed by atoms with Gasteiger partial charge in [-0.3, -0.25) is 24.0 Å². The lowest BCUT2D eigenvalue weighted by Crippen LogP contribution is -2.58. The fourth-order valence-corrected chi connectivity index (χ4v) is 4.31. The average Bonchev–Trinajstić information content (AvgIpc) is 3.35. The number of phenols is 1. The molecule has 0 fully saturated rings. The van der Waals surface area contributed by atoms with E-state index in [1.165, 1.54) is 24.3 Å². The van der Waals surface area contributed by atoms with Crippen LogP contribution in [-0.2, 0) is 41.6 Å². The van der Waals surface area contributed by atoms with Crippen LogP contribution in [0.3, 0.4) is 0 Å². The van der Waals surface area contributed by atoms with E-state index < -0.39 is 72.6 Å². The lowest BCUT2D eigenvalue weighted by molar-refractivity contribution is -0.142. The first kappa shape index (κ1) is 32.1. The number of carboxylic acid groups (broad SMARTS) is 2. The van der Waals surface area contributed by atoms with Gasteiger partial charge in [0.05, 0.1) is 18.9 Å². The monoisotopic (exact) mass is 596 g/mol. The Morgan fingerprint density at radius 3 is 2.00 bits per heavy atom. The van der Waals surface area contributed by atoms with Gasteiger partial charge in [0.25, 0.3) is 0 Å². The largest absolute Gasteiger partial charge is 0.508 e. The molecule has 0 aliphatic rings. The van der Waals surface area contributed by atoms with Gasteiger partial charge in [-0.2, -0.15) is 0 Å². The Hall–Kier alpha value is -5.44. The summed E-state index contributed by atoms with van der Waals surface area (Å²) in [5, 5.41) is 36.0. The molecule has 0 spiro atoms. The van der Waals surface area contributed by atoms with Crippen molar-refractivity contribution in [2.75, 3.05) is 0 Å². The molecule has 15 nitrogen and oxygen atoms in total. The summed E-state index contributed by atoms with van der Waals surface area (Å²) in [6, 6.07) is 6.89. The van der Waals surface area contributed by atoms with E-state index in [1.807, 2.05) is 0 Å². The summed E-state index contributed by atoms with van der Waals surface area (Å²) in [4.78, 5) is 76.9. The number of carboxylic acids is 2. The molecule has 0 radical (unpaired) electrons. The number of rotatable bonds is 15. The molecule has 228 valence electrons. The maximum atomic E-state index is 13.5. The van der Waals surface area contributed by atoms with Crippen LogP contribution in [0.25, 0.3) is 10.9 Å². The van der Waals surface area contributed by atoms with Crippen molar-refractivity contribution >= 4 is 46.5 Å². The average molecular weight is 597 g/mol. The molecule has 0 saturated carbocycles. The molecule has 4 unspecified atom stereocenters. The van der Waals surface area contributed by atoms with E-state index in [0.29, 0.717) is 11.1 Å². The first-order valence-electron chi connectivity index (χ1n) is 13.1. The van der Waals surface area contributed by atoms with Gasteiger partial charge >= 0.3 is 11.9 Å². The molecule has 4 amide bonds. The number of nitrogens with two attached hydrogens (primary N) is 2. The predicted molar refractivity (Wildman–Crippen MR) is 151 cm³/mol. The van der Waals surface area contributed by atoms with Crippen LogP contribution in [0.2, 0.25) is 0 Å². The normalized spacial score (nSPS) is 13.7. The van der Waals surface area contributed by atoms with Gasteiger partial charge in [-0.05, 0) is 29.3 Å². The zero-order valence-electron chi connectivity index (χ0n) is 22.8. The number of aliphatic carboxylic acids is 2. The van der Waals surface area contributed by atoms with Crippen molar-refractivity contribution < 1.29 is 44.1 Å². The third kappa shape index (κ3) is 9.29. The van der Waals surface area contributed by atoms with Crippen molar-refractivity contribution in [1.82, 2.24) is 20.9 Å². The minimum absolute atomic E-state index is 0.0253. The van der Waals surface area contributed by atoms with Crippen LogP contribution in [0.5, 0.6) is 5.75 Å². The number of primary amides is 1. The molecule has 1 aromatic heterocycles. The van der Waals surface area contributed by atoms with Gasteiger partial charge in [0.15, 0.2) is 0 Å². The summed E-state index contributed by atoms with van der Waals surface area (Å²) >= 11 is 0. The summed E-state index contributed by atoms with van der Waals surface area (Å²) in [7, 11) is 0. The van der Waals surface area contributed by atoms with Gasteiger partial charge < -0.3 is 47.7 Å². The molecule has 3 rings (SSSR count). The SMILES string of the molecule is NC(=O)CC(NC(=O)C(N)CC(=O)O)C(=O)NC(Cc1c[nH]c2ccccc12)C(=O)NC(Cc1ccc(O)cc1)C(=O)O. The Morgan fingerprint density at radius 1 is 0.767 bits per heavy atom. The highest BCUT2D eigenvalue weighted by molar-refractivity contribution is 5.97. The quantitative estimate of drug-likeness (QED) is 0.102. The van der Waals surface area contributed by atoms with E-state index in [-0.39, 0.29) is 18.6 Å². The molecular weight excluding hydrogens is 564 g/mol. The number of carbonyl (C=O) groups excluding carboxylic acids is 4. The van der Waals surface area contributed by atoms with E-state index in [2.05, 4.69) is 20.9 Å². The van der Waals surface area contributed by atoms with Crippen LogP contribution in [-0.4, -0.2) is 80.0 Å². The number of para-hydroxylation sites is 1. The Balaban J connectivity index is 1.87. The first-order chi connectivity index (χ1) is 20.3. The second kappa shape index (κ2) is 14.5. The Labute approximate surface area is 244 Å². The Morgan fingerprint density at radius 2 is 1.37 bits per heavy atom. The molecule has 43 heavy (non-hydrogen) atoms. The highest BCUT2D eigenvalue weighted by Gasteiger charge is 2.32. The number of fused-ring (bicyclic) bond motifs is 1. The summed E-state index contributed by atoms with van der Waals surface area (Å²) in [6.45, 7) is 0. The number of H-pyrrole nitrogens is 1. The van der Waals surface area contributed by atoms with Gasteiger partial charge in [0.1, 0.15) is 23.9 Å². The van der Waals surface area contributed by atoms with Gasteiger partial charge in [-0.25, -0.2) is 4.79 Å². The molecule has 0 bridgehead atoms. The van der Waals surface area contributed by atoms with Crippen LogP contribution < -0.4 is 27.4 Å². The van der Waals surface area contributed by atoms with Crippen LogP contribution in [0.4, 0.5) is 0 Å². The third-order valence-electron chi connectivity index (χ3n) is 6.49. The van der Waals surface area contributed by atoms with Crippen LogP contribution in [0, 0.1) is 0 Å². The van der Waals surface area contributed by atoms with Crippen LogP contribution >= 0.6 is 0 Å². The zero-order valence-corrected chi connectivity index (χ0v) is 22.8. The second-order valence-electron chi connectivity index (χ2n) is 9.83. The summed E-state index contributed by atoms with van der Waals surface area (Å²) in [5.74, 6) is -6.66. The van der Waals surface area contributed by atoms with Gasteiger partial charge in [0, 0.05) is 29.9 Å². The fraction of sp³-hybridized carbons (Fsp3) is 0.286. The lowest BCUT2D eigenvalue weighted by Gasteiger charge is -2.25. The molecule has 11 N–H and O–H groups in total. The molecule has 0 saturated heterocycles. The van der Waals surface area contributed by atoms with Crippen molar-refractivity contribution in [1.29, 1.82) is 0 Å². The molecule has 3 aromatic rings. The third-order valence-corrected chi connectivity index (χ3v) is 6.49. The maximum absolute atomic E-state index is 13.5. The Bertz CT molecular complexity index is 1500. The van der Waals surface area contributed by atoms with Crippen molar-refractivity contribution in [2.45, 2.75) is 49.9 Å². The number of nitrogens with one attached hydrogen (secondary N) is 4. The van der Waals surface area contributed by atoms with Gasteiger partial charge in [-0.15, -0.1) is 0 Å². The molecule has 2 aromatic carbocycles. The second-order valence-corrected chi connectivity index (χ2v) is 9.83. The van der Waals surface area contributed by atoms with Crippen molar-refractivity contribution in [3.8, 4) is 5.75 Å². The molecule has 0 aliphatic heterocycles. The summed E-state index contributed by atoms with van der Waals surface area (Å²) in [6.07, 6.45) is -0.0903. The van der Waals surface area contributed by atoms with E-state index >= 15 is 0 Å². The smallest absolute Gasteiger partial charge is 0.326 e. The number of aromatic nitrogens is 1. The van der Waals surface area contributed by atoms with Crippen molar-refractivity contribution in [3.05, 3.63) is 65.9 Å². The molecular formula is C28H32N6O9. The summed E-state index contributed by atoms with van der Waals surface area (Å²) < 4.78 is 0. The number of phenolic OH excluding ortho intramolecular Hbond substituents is 1. The van der Waals surface area contributed by atoms with E-state index in [0.717, 1.165) is 10.9 Å². The molecule has 0 aliphatic carbocycles. The lowest BCUT2D eigenvalue weighted by atomic mass is 10.0.